The van der Waals surface area contributed by atoms with Gasteiger partial charge < -0.3 is 24.7 Å². The Balaban J connectivity index is 2.00. The van der Waals surface area contributed by atoms with Crippen molar-refractivity contribution in [2.45, 2.75) is 9.79 Å². The van der Waals surface area contributed by atoms with E-state index in [4.69, 9.17) is 25.4 Å². The maximum absolute atomic E-state index is 13.0. The maximum atomic E-state index is 13.0. The topological polar surface area (TPSA) is 141 Å². The van der Waals surface area contributed by atoms with Crippen LogP contribution in [0.2, 0.25) is 0 Å². The first-order chi connectivity index (χ1) is 16.1. The summed E-state index contributed by atoms with van der Waals surface area (Å²) < 4.78 is 56.1. The minimum absolute atomic E-state index is 0.0284. The van der Waals surface area contributed by atoms with E-state index < -0.39 is 20.8 Å². The van der Waals surface area contributed by atoms with E-state index in [2.05, 4.69) is 4.72 Å². The summed E-state index contributed by atoms with van der Waals surface area (Å²) >= 11 is 0. The molecule has 4 N–H and O–H groups in total. The quantitative estimate of drug-likeness (QED) is 0.301. The lowest BCUT2D eigenvalue weighted by Gasteiger charge is -2.17. The van der Waals surface area contributed by atoms with E-state index in [1.165, 1.54) is 33.5 Å². The van der Waals surface area contributed by atoms with Crippen molar-refractivity contribution >= 4 is 37.9 Å². The van der Waals surface area contributed by atoms with Crippen molar-refractivity contribution < 1.29 is 26.8 Å². The molecule has 0 aromatic heterocycles. The van der Waals surface area contributed by atoms with Gasteiger partial charge >= 0.3 is 0 Å². The van der Waals surface area contributed by atoms with Gasteiger partial charge in [-0.15, -0.1) is 0 Å². The van der Waals surface area contributed by atoms with Crippen LogP contribution in [0.25, 0.3) is 0 Å². The molecule has 180 valence electrons. The number of hydrogen-bond donors (Lipinski definition) is 3. The minimum atomic E-state index is -3.58. The molecule has 0 bridgehead atoms. The average molecular weight is 504 g/mol. The Morgan fingerprint density at radius 3 is 2.24 bits per heavy atom. The normalized spacial score (nSPS) is 12.0. The lowest BCUT2D eigenvalue weighted by Crippen LogP contribution is -2.12. The second-order valence-corrected chi connectivity index (χ2v) is 10.3. The van der Waals surface area contributed by atoms with Gasteiger partial charge in [0.2, 0.25) is 5.75 Å². The minimum Gasteiger partial charge on any atom is -0.493 e. The van der Waals surface area contributed by atoms with Crippen LogP contribution >= 0.6 is 0 Å². The number of nitrogens with two attached hydrogens (primary N) is 1. The van der Waals surface area contributed by atoms with Gasteiger partial charge in [0.05, 0.1) is 36.8 Å². The molecule has 0 aliphatic heterocycles. The number of anilines is 2. The van der Waals surface area contributed by atoms with Gasteiger partial charge in [0.15, 0.2) is 32.3 Å². The molecule has 0 fully saturated rings. The zero-order valence-electron chi connectivity index (χ0n) is 19.0. The monoisotopic (exact) mass is 503 g/mol. The Bertz CT molecular complexity index is 1370. The van der Waals surface area contributed by atoms with Crippen LogP contribution in [0.1, 0.15) is 11.1 Å². The Labute approximate surface area is 200 Å². The van der Waals surface area contributed by atoms with Gasteiger partial charge in [-0.05, 0) is 42.5 Å². The van der Waals surface area contributed by atoms with Gasteiger partial charge in [-0.1, -0.05) is 12.1 Å². The van der Waals surface area contributed by atoms with E-state index in [0.717, 1.165) is 6.26 Å². The molecule has 3 rings (SSSR count). The van der Waals surface area contributed by atoms with E-state index >= 15 is 0 Å². The average Bonchev–Trinajstić information content (AvgIpc) is 2.83. The van der Waals surface area contributed by atoms with Gasteiger partial charge in [0.25, 0.3) is 0 Å². The summed E-state index contributed by atoms with van der Waals surface area (Å²) in [6.45, 7) is 0. The van der Waals surface area contributed by atoms with Crippen molar-refractivity contribution in [2.24, 2.45) is 0 Å². The summed E-state index contributed by atoms with van der Waals surface area (Å²) in [5.74, 6) is 1.08. The van der Waals surface area contributed by atoms with Crippen LogP contribution in [0, 0.1) is 5.41 Å². The summed E-state index contributed by atoms with van der Waals surface area (Å²) in [5, 5.41) is 8.77. The Kier molecular flexibility index (Phi) is 7.48. The molecule has 3 aromatic rings. The Morgan fingerprint density at radius 1 is 0.941 bits per heavy atom. The molecule has 0 saturated carbocycles. The molecule has 0 aliphatic rings. The Hall–Kier alpha value is -3.57. The number of methoxy groups -OCH3 is 3. The van der Waals surface area contributed by atoms with Crippen LogP contribution in [-0.2, 0) is 20.8 Å². The molecular weight excluding hydrogens is 478 g/mol. The zero-order chi connectivity index (χ0) is 25.0. The molecule has 0 saturated heterocycles. The van der Waals surface area contributed by atoms with Crippen LogP contribution in [0.5, 0.6) is 17.2 Å². The van der Waals surface area contributed by atoms with Gasteiger partial charge in [-0.25, -0.2) is 12.6 Å². The fourth-order valence-electron chi connectivity index (χ4n) is 3.35. The molecule has 0 aliphatic carbocycles. The highest BCUT2D eigenvalue weighted by Crippen LogP contribution is 2.41. The lowest BCUT2D eigenvalue weighted by atomic mass is 9.99. The van der Waals surface area contributed by atoms with Crippen LogP contribution in [0.4, 0.5) is 11.4 Å². The predicted octanol–water partition coefficient (Wildman–Crippen LogP) is 3.25. The molecule has 1 atom stereocenters. The standard InChI is InChI=1S/C23H25N3O6S2/c1-30-18-12-10-15(22(31-2)23(18)32-3)21(25)16-13-14(9-11-17(16)24)26-33(27)19-7-5-6-8-20(19)34(4,28)29/h5-13,25-26H,24H2,1-4H3. The van der Waals surface area contributed by atoms with Crippen LogP contribution < -0.4 is 24.7 Å². The molecule has 9 nitrogen and oxygen atoms in total. The molecular formula is C23H25N3O6S2. The second kappa shape index (κ2) is 10.1. The second-order valence-electron chi connectivity index (χ2n) is 7.15. The van der Waals surface area contributed by atoms with Gasteiger partial charge in [0.1, 0.15) is 0 Å². The number of nitrogen functional groups attached to an aromatic ring is 1. The molecule has 0 amide bonds. The largest absolute Gasteiger partial charge is 0.493 e. The lowest BCUT2D eigenvalue weighted by molar-refractivity contribution is 0.324. The summed E-state index contributed by atoms with van der Waals surface area (Å²) in [7, 11) is -1.04. The fourth-order valence-corrected chi connectivity index (χ4v) is 5.70. The molecule has 0 radical (unpaired) electrons. The van der Waals surface area contributed by atoms with Gasteiger partial charge in [-0.3, -0.25) is 5.41 Å². The third kappa shape index (κ3) is 5.00. The van der Waals surface area contributed by atoms with Crippen LogP contribution in [0.15, 0.2) is 64.4 Å². The first-order valence-electron chi connectivity index (χ1n) is 9.87. The molecule has 1 unspecified atom stereocenters. The van der Waals surface area contributed by atoms with Crippen molar-refractivity contribution in [3.63, 3.8) is 0 Å². The smallest absolute Gasteiger partial charge is 0.203 e. The van der Waals surface area contributed by atoms with Crippen molar-refractivity contribution in [3.05, 3.63) is 65.7 Å². The zero-order valence-corrected chi connectivity index (χ0v) is 20.7. The molecule has 0 heterocycles. The van der Waals surface area contributed by atoms with Crippen LogP contribution in [0.3, 0.4) is 0 Å². The van der Waals surface area contributed by atoms with E-state index in [1.807, 2.05) is 0 Å². The third-order valence-corrected chi connectivity index (χ3v) is 7.42. The van der Waals surface area contributed by atoms with E-state index in [1.54, 1.807) is 42.5 Å². The summed E-state index contributed by atoms with van der Waals surface area (Å²) in [4.78, 5) is 0.0966. The summed E-state index contributed by atoms with van der Waals surface area (Å²) in [6.07, 6.45) is 1.06. The summed E-state index contributed by atoms with van der Waals surface area (Å²) in [5.41, 5.74) is 7.65. The van der Waals surface area contributed by atoms with Gasteiger partial charge in [-0.2, -0.15) is 0 Å². The number of sulfone groups is 1. The van der Waals surface area contributed by atoms with E-state index in [-0.39, 0.29) is 15.5 Å². The third-order valence-electron chi connectivity index (χ3n) is 4.96. The van der Waals surface area contributed by atoms with E-state index in [9.17, 15) is 12.6 Å². The number of rotatable bonds is 9. The van der Waals surface area contributed by atoms with Crippen molar-refractivity contribution in [1.29, 1.82) is 5.41 Å². The van der Waals surface area contributed by atoms with Crippen molar-refractivity contribution in [1.82, 2.24) is 0 Å². The molecule has 3 aromatic carbocycles. The molecule has 0 spiro atoms. The highest BCUT2D eigenvalue weighted by atomic mass is 32.2. The number of ether oxygens (including phenoxy) is 3. The summed E-state index contributed by atoms with van der Waals surface area (Å²) in [6, 6.07) is 14.1. The van der Waals surface area contributed by atoms with Crippen molar-refractivity contribution in [3.8, 4) is 17.2 Å². The Morgan fingerprint density at radius 2 is 1.62 bits per heavy atom. The first kappa shape index (κ1) is 25.1. The molecule has 34 heavy (non-hydrogen) atoms. The number of hydrogen-bond acceptors (Lipinski definition) is 8. The maximum Gasteiger partial charge on any atom is 0.203 e. The number of nitrogens with one attached hydrogen (secondary N) is 2. The highest BCUT2D eigenvalue weighted by molar-refractivity contribution is 7.92. The number of benzene rings is 3. The van der Waals surface area contributed by atoms with Gasteiger partial charge in [0, 0.05) is 28.8 Å². The predicted molar refractivity (Wildman–Crippen MR) is 132 cm³/mol. The van der Waals surface area contributed by atoms with Crippen LogP contribution in [-0.4, -0.2) is 45.9 Å². The highest BCUT2D eigenvalue weighted by Gasteiger charge is 2.22. The SMILES string of the molecule is COc1ccc(C(=N)c2cc(NS(=O)c3ccccc3S(C)(=O)=O)ccc2N)c(OC)c1OC. The van der Waals surface area contributed by atoms with Crippen molar-refractivity contribution in [2.75, 3.05) is 38.0 Å². The molecule has 11 heteroatoms. The first-order valence-corrected chi connectivity index (χ1v) is 12.9. The fraction of sp³-hybridized carbons (Fsp3) is 0.174. The van der Waals surface area contributed by atoms with E-state index in [0.29, 0.717) is 39.8 Å².